The number of anilines is 1. The monoisotopic (exact) mass is 221 g/mol. The zero-order valence-electron chi connectivity index (χ0n) is 9.61. The van der Waals surface area contributed by atoms with Crippen LogP contribution in [0.3, 0.4) is 0 Å². The molecule has 4 heteroatoms. The van der Waals surface area contributed by atoms with Gasteiger partial charge in [-0.25, -0.2) is 0 Å². The second kappa shape index (κ2) is 6.71. The molecule has 4 nitrogen and oxygen atoms in total. The van der Waals surface area contributed by atoms with Crippen LogP contribution >= 0.6 is 0 Å². The Balaban J connectivity index is 2.37. The molecule has 0 unspecified atom stereocenters. The van der Waals surface area contributed by atoms with E-state index in [1.807, 2.05) is 0 Å². The number of nitrogens with one attached hydrogen (secondary N) is 1. The van der Waals surface area contributed by atoms with E-state index < -0.39 is 0 Å². The van der Waals surface area contributed by atoms with Crippen LogP contribution in [0.2, 0.25) is 0 Å². The summed E-state index contributed by atoms with van der Waals surface area (Å²) in [5.74, 6) is 0.245. The van der Waals surface area contributed by atoms with Gasteiger partial charge in [0.15, 0.2) is 0 Å². The standard InChI is InChI=1S/C12H19N3O/c1-2-3-10-4-6-11(7-5-10)14-9-8-12(13)15-16/h4-7,14,16H,2-3,8-9H2,1H3,(H2,13,15). The molecule has 1 rings (SSSR count). The number of oxime groups is 1. The minimum Gasteiger partial charge on any atom is -0.409 e. The molecule has 0 aromatic heterocycles. The maximum Gasteiger partial charge on any atom is 0.140 e. The molecule has 88 valence electrons. The molecule has 0 atom stereocenters. The van der Waals surface area contributed by atoms with E-state index in [4.69, 9.17) is 10.9 Å². The lowest BCUT2D eigenvalue weighted by Crippen LogP contribution is -2.16. The van der Waals surface area contributed by atoms with E-state index in [2.05, 4.69) is 41.7 Å². The topological polar surface area (TPSA) is 70.6 Å². The Labute approximate surface area is 96.2 Å². The summed E-state index contributed by atoms with van der Waals surface area (Å²) in [4.78, 5) is 0. The highest BCUT2D eigenvalue weighted by molar-refractivity contribution is 5.80. The molecule has 4 N–H and O–H groups in total. The van der Waals surface area contributed by atoms with Crippen molar-refractivity contribution in [3.8, 4) is 0 Å². The first-order valence-electron chi connectivity index (χ1n) is 5.55. The second-order valence-electron chi connectivity index (χ2n) is 3.72. The highest BCUT2D eigenvalue weighted by Crippen LogP contribution is 2.10. The van der Waals surface area contributed by atoms with Crippen LogP contribution in [-0.2, 0) is 6.42 Å². The van der Waals surface area contributed by atoms with E-state index in [1.165, 1.54) is 5.56 Å². The summed E-state index contributed by atoms with van der Waals surface area (Å²) in [6.07, 6.45) is 2.81. The lowest BCUT2D eigenvalue weighted by atomic mass is 10.1. The number of nitrogens with two attached hydrogens (primary N) is 1. The van der Waals surface area contributed by atoms with Gasteiger partial charge in [0.25, 0.3) is 0 Å². The molecular weight excluding hydrogens is 202 g/mol. The molecule has 0 amide bonds. The quantitative estimate of drug-likeness (QED) is 0.298. The van der Waals surface area contributed by atoms with Gasteiger partial charge in [0.05, 0.1) is 0 Å². The summed E-state index contributed by atoms with van der Waals surface area (Å²) >= 11 is 0. The van der Waals surface area contributed by atoms with Crippen molar-refractivity contribution in [3.05, 3.63) is 29.8 Å². The third kappa shape index (κ3) is 4.21. The zero-order chi connectivity index (χ0) is 11.8. The van der Waals surface area contributed by atoms with Crippen LogP contribution in [0.25, 0.3) is 0 Å². The fourth-order valence-corrected chi connectivity index (χ4v) is 1.46. The fraction of sp³-hybridized carbons (Fsp3) is 0.417. The predicted molar refractivity (Wildman–Crippen MR) is 67.0 cm³/mol. The van der Waals surface area contributed by atoms with Crippen molar-refractivity contribution in [1.82, 2.24) is 0 Å². The molecule has 0 bridgehead atoms. The van der Waals surface area contributed by atoms with Crippen molar-refractivity contribution in [2.75, 3.05) is 11.9 Å². The Morgan fingerprint density at radius 1 is 1.38 bits per heavy atom. The summed E-state index contributed by atoms with van der Waals surface area (Å²) in [6, 6.07) is 8.35. The first-order valence-corrected chi connectivity index (χ1v) is 5.55. The number of benzene rings is 1. The maximum atomic E-state index is 8.36. The lowest BCUT2D eigenvalue weighted by Gasteiger charge is -2.06. The molecule has 0 heterocycles. The average Bonchev–Trinajstić information content (AvgIpc) is 2.31. The third-order valence-electron chi connectivity index (χ3n) is 2.33. The molecular formula is C12H19N3O. The van der Waals surface area contributed by atoms with E-state index in [0.29, 0.717) is 13.0 Å². The Kier molecular flexibility index (Phi) is 5.19. The van der Waals surface area contributed by atoms with Crippen LogP contribution in [0.5, 0.6) is 0 Å². The van der Waals surface area contributed by atoms with Crippen molar-refractivity contribution < 1.29 is 5.21 Å². The summed E-state index contributed by atoms with van der Waals surface area (Å²) in [5, 5.41) is 14.5. The highest BCUT2D eigenvalue weighted by Gasteiger charge is 1.95. The zero-order valence-corrected chi connectivity index (χ0v) is 9.61. The van der Waals surface area contributed by atoms with Gasteiger partial charge in [-0.2, -0.15) is 0 Å². The Hall–Kier alpha value is -1.71. The first kappa shape index (κ1) is 12.4. The van der Waals surface area contributed by atoms with Crippen molar-refractivity contribution in [1.29, 1.82) is 0 Å². The van der Waals surface area contributed by atoms with E-state index in [0.717, 1.165) is 18.5 Å². The molecule has 16 heavy (non-hydrogen) atoms. The molecule has 0 spiro atoms. The molecule has 0 aliphatic heterocycles. The number of rotatable bonds is 6. The Morgan fingerprint density at radius 3 is 2.62 bits per heavy atom. The van der Waals surface area contributed by atoms with Crippen molar-refractivity contribution in [2.45, 2.75) is 26.2 Å². The summed E-state index contributed by atoms with van der Waals surface area (Å²) in [6.45, 7) is 2.84. The number of aryl methyl sites for hydroxylation is 1. The van der Waals surface area contributed by atoms with Crippen LogP contribution in [0.4, 0.5) is 5.69 Å². The highest BCUT2D eigenvalue weighted by atomic mass is 16.4. The summed E-state index contributed by atoms with van der Waals surface area (Å²) in [5.41, 5.74) is 7.77. The summed E-state index contributed by atoms with van der Waals surface area (Å²) < 4.78 is 0. The molecule has 0 radical (unpaired) electrons. The largest absolute Gasteiger partial charge is 0.409 e. The van der Waals surface area contributed by atoms with Gasteiger partial charge >= 0.3 is 0 Å². The minimum absolute atomic E-state index is 0.245. The number of hydrogen-bond donors (Lipinski definition) is 3. The number of amidine groups is 1. The van der Waals surface area contributed by atoms with E-state index in [1.54, 1.807) is 0 Å². The summed E-state index contributed by atoms with van der Waals surface area (Å²) in [7, 11) is 0. The molecule has 0 aliphatic carbocycles. The number of nitrogens with zero attached hydrogens (tertiary/aromatic N) is 1. The van der Waals surface area contributed by atoms with Gasteiger partial charge in [-0.1, -0.05) is 30.6 Å². The van der Waals surface area contributed by atoms with E-state index in [-0.39, 0.29) is 5.84 Å². The van der Waals surface area contributed by atoms with Crippen molar-refractivity contribution in [2.24, 2.45) is 10.9 Å². The molecule has 1 aromatic rings. The van der Waals surface area contributed by atoms with Gasteiger partial charge in [-0.05, 0) is 24.1 Å². The molecule has 0 saturated heterocycles. The van der Waals surface area contributed by atoms with Crippen LogP contribution < -0.4 is 11.1 Å². The Morgan fingerprint density at radius 2 is 2.06 bits per heavy atom. The predicted octanol–water partition coefficient (Wildman–Crippen LogP) is 2.19. The van der Waals surface area contributed by atoms with Gasteiger partial charge in [-0.3, -0.25) is 0 Å². The SMILES string of the molecule is CCCc1ccc(NCCC(N)=NO)cc1. The maximum absolute atomic E-state index is 8.36. The van der Waals surface area contributed by atoms with Crippen LogP contribution in [0, 0.1) is 0 Å². The minimum atomic E-state index is 0.245. The van der Waals surface area contributed by atoms with E-state index >= 15 is 0 Å². The smallest absolute Gasteiger partial charge is 0.140 e. The van der Waals surface area contributed by atoms with Crippen LogP contribution in [0.15, 0.2) is 29.4 Å². The third-order valence-corrected chi connectivity index (χ3v) is 2.33. The first-order chi connectivity index (χ1) is 7.76. The van der Waals surface area contributed by atoms with Gasteiger partial charge < -0.3 is 16.3 Å². The normalized spacial score (nSPS) is 11.4. The molecule has 1 aromatic carbocycles. The Bertz CT molecular complexity index is 333. The fourth-order valence-electron chi connectivity index (χ4n) is 1.46. The van der Waals surface area contributed by atoms with Crippen molar-refractivity contribution in [3.63, 3.8) is 0 Å². The second-order valence-corrected chi connectivity index (χ2v) is 3.72. The molecule has 0 aliphatic rings. The van der Waals surface area contributed by atoms with Gasteiger partial charge in [0.1, 0.15) is 5.84 Å². The average molecular weight is 221 g/mol. The molecule has 0 fully saturated rings. The van der Waals surface area contributed by atoms with Gasteiger partial charge in [0, 0.05) is 18.7 Å². The van der Waals surface area contributed by atoms with Crippen LogP contribution in [-0.4, -0.2) is 17.6 Å². The lowest BCUT2D eigenvalue weighted by molar-refractivity contribution is 0.317. The van der Waals surface area contributed by atoms with Crippen LogP contribution in [0.1, 0.15) is 25.3 Å². The van der Waals surface area contributed by atoms with Gasteiger partial charge in [-0.15, -0.1) is 0 Å². The van der Waals surface area contributed by atoms with Crippen molar-refractivity contribution >= 4 is 11.5 Å². The number of hydrogen-bond acceptors (Lipinski definition) is 3. The molecule has 0 saturated carbocycles. The van der Waals surface area contributed by atoms with E-state index in [9.17, 15) is 0 Å². The van der Waals surface area contributed by atoms with Gasteiger partial charge in [0.2, 0.25) is 0 Å².